The number of anilines is 1. The molecule has 0 radical (unpaired) electrons. The first kappa shape index (κ1) is 25.2. The first-order chi connectivity index (χ1) is 17.2. The van der Waals surface area contributed by atoms with E-state index in [2.05, 4.69) is 21.8 Å². The molecule has 2 aliphatic rings. The molecular formula is C27H31Cl2FN4O2. The summed E-state index contributed by atoms with van der Waals surface area (Å²) >= 11 is 12.7. The number of carbonyl (C=O) groups excluding carboxylic acids is 1. The van der Waals surface area contributed by atoms with Gasteiger partial charge in [-0.25, -0.2) is 14.2 Å². The Kier molecular flexibility index (Phi) is 7.05. The molecule has 3 unspecified atom stereocenters. The molecule has 1 saturated carbocycles. The smallest absolute Gasteiger partial charge is 0.404 e. The fraction of sp³-hybridized carbons (Fsp3) is 0.481. The molecule has 5 rings (SSSR count). The number of fused-ring (bicyclic) bond motifs is 2. The third-order valence-electron chi connectivity index (χ3n) is 8.06. The van der Waals surface area contributed by atoms with Gasteiger partial charge >= 0.3 is 6.09 Å². The molecule has 1 aromatic heterocycles. The Hall–Kier alpha value is -2.51. The van der Waals surface area contributed by atoms with E-state index in [0.29, 0.717) is 28.9 Å². The summed E-state index contributed by atoms with van der Waals surface area (Å²) in [5.41, 5.74) is 8.39. The van der Waals surface area contributed by atoms with Crippen LogP contribution in [-0.4, -0.2) is 28.8 Å². The van der Waals surface area contributed by atoms with Gasteiger partial charge in [0.15, 0.2) is 0 Å². The van der Waals surface area contributed by atoms with Gasteiger partial charge in [-0.2, -0.15) is 0 Å². The van der Waals surface area contributed by atoms with Crippen molar-refractivity contribution in [1.82, 2.24) is 9.55 Å². The van der Waals surface area contributed by atoms with Gasteiger partial charge in [0.05, 0.1) is 34.0 Å². The third kappa shape index (κ3) is 5.00. The van der Waals surface area contributed by atoms with Crippen LogP contribution in [0, 0.1) is 17.2 Å². The van der Waals surface area contributed by atoms with E-state index in [4.69, 9.17) is 33.7 Å². The molecular weight excluding hydrogens is 502 g/mol. The van der Waals surface area contributed by atoms with E-state index in [1.807, 2.05) is 12.4 Å². The zero-order chi connectivity index (χ0) is 25.4. The van der Waals surface area contributed by atoms with Crippen molar-refractivity contribution in [3.63, 3.8) is 0 Å². The molecule has 2 heterocycles. The Labute approximate surface area is 220 Å². The van der Waals surface area contributed by atoms with Crippen molar-refractivity contribution < 1.29 is 13.9 Å². The Balaban J connectivity index is 1.55. The van der Waals surface area contributed by atoms with Crippen LogP contribution in [-0.2, 0) is 4.74 Å². The van der Waals surface area contributed by atoms with Crippen LogP contribution in [0.4, 0.5) is 14.9 Å². The highest BCUT2D eigenvalue weighted by atomic mass is 35.5. The number of rotatable bonds is 8. The van der Waals surface area contributed by atoms with Crippen molar-refractivity contribution in [2.45, 2.75) is 57.4 Å². The number of imidazole rings is 1. The van der Waals surface area contributed by atoms with E-state index < -0.39 is 11.5 Å². The molecule has 1 amide bonds. The lowest BCUT2D eigenvalue weighted by Gasteiger charge is -2.39. The standard InChI is InChI=1S/C27H31Cl2FN4O2/c1-27(14-36-26(31)35,20-13-32-23-7-6-17(30)9-19(20)23)12-18(8-16-4-2-3-5-16)34-15-33-24-10-21(28)22(29)11-25(24)34/h6-7,9-11,15-16,18,20,32H,2-5,8,12-14H2,1H3,(H2,31,35). The molecule has 3 aromatic rings. The quantitative estimate of drug-likeness (QED) is 0.318. The van der Waals surface area contributed by atoms with Gasteiger partial charge in [-0.05, 0) is 54.7 Å². The molecule has 0 spiro atoms. The van der Waals surface area contributed by atoms with Crippen molar-refractivity contribution in [2.75, 3.05) is 18.5 Å². The van der Waals surface area contributed by atoms with Gasteiger partial charge < -0.3 is 20.4 Å². The van der Waals surface area contributed by atoms with Crippen LogP contribution in [0.1, 0.15) is 63.0 Å². The normalized spacial score (nSPS) is 20.2. The van der Waals surface area contributed by atoms with E-state index in [1.54, 1.807) is 18.2 Å². The molecule has 3 N–H and O–H groups in total. The molecule has 1 aliphatic heterocycles. The van der Waals surface area contributed by atoms with Crippen molar-refractivity contribution in [2.24, 2.45) is 17.1 Å². The second-order valence-corrected chi connectivity index (χ2v) is 11.4. The number of halogens is 3. The van der Waals surface area contributed by atoms with E-state index in [1.165, 1.54) is 31.7 Å². The maximum absolute atomic E-state index is 14.3. The first-order valence-electron chi connectivity index (χ1n) is 12.5. The number of benzene rings is 2. The fourth-order valence-corrected chi connectivity index (χ4v) is 6.56. The Morgan fingerprint density at radius 3 is 2.78 bits per heavy atom. The Morgan fingerprint density at radius 2 is 2.03 bits per heavy atom. The highest BCUT2D eigenvalue weighted by Gasteiger charge is 2.43. The summed E-state index contributed by atoms with van der Waals surface area (Å²) in [7, 11) is 0. The maximum Gasteiger partial charge on any atom is 0.404 e. The van der Waals surface area contributed by atoms with Crippen LogP contribution < -0.4 is 11.1 Å². The number of carbonyl (C=O) groups is 1. The molecule has 3 atom stereocenters. The summed E-state index contributed by atoms with van der Waals surface area (Å²) in [6, 6.07) is 8.54. The summed E-state index contributed by atoms with van der Waals surface area (Å²) in [5, 5.41) is 4.36. The molecule has 36 heavy (non-hydrogen) atoms. The summed E-state index contributed by atoms with van der Waals surface area (Å²) in [6.07, 6.45) is 7.57. The number of amides is 1. The highest BCUT2D eigenvalue weighted by molar-refractivity contribution is 6.42. The third-order valence-corrected chi connectivity index (χ3v) is 8.79. The van der Waals surface area contributed by atoms with Crippen LogP contribution in [0.3, 0.4) is 0 Å². The van der Waals surface area contributed by atoms with Crippen LogP contribution in [0.2, 0.25) is 10.0 Å². The second kappa shape index (κ2) is 10.1. The van der Waals surface area contributed by atoms with E-state index in [0.717, 1.165) is 28.7 Å². The number of nitrogens with two attached hydrogens (primary N) is 1. The van der Waals surface area contributed by atoms with Crippen LogP contribution in [0.5, 0.6) is 0 Å². The van der Waals surface area contributed by atoms with Gasteiger partial charge in [0.1, 0.15) is 5.82 Å². The predicted octanol–water partition coefficient (Wildman–Crippen LogP) is 7.30. The molecule has 0 bridgehead atoms. The van der Waals surface area contributed by atoms with Gasteiger partial charge in [-0.15, -0.1) is 0 Å². The van der Waals surface area contributed by atoms with Crippen molar-refractivity contribution >= 4 is 46.0 Å². The van der Waals surface area contributed by atoms with E-state index >= 15 is 0 Å². The van der Waals surface area contributed by atoms with Crippen LogP contribution in [0.25, 0.3) is 11.0 Å². The van der Waals surface area contributed by atoms with Gasteiger partial charge in [0.2, 0.25) is 0 Å². The Morgan fingerprint density at radius 1 is 1.28 bits per heavy atom. The largest absolute Gasteiger partial charge is 0.449 e. The number of nitrogens with one attached hydrogen (secondary N) is 1. The first-order valence-corrected chi connectivity index (χ1v) is 13.3. The summed E-state index contributed by atoms with van der Waals surface area (Å²) in [5.74, 6) is 0.250. The fourth-order valence-electron chi connectivity index (χ4n) is 6.24. The molecule has 1 aliphatic carbocycles. The monoisotopic (exact) mass is 532 g/mol. The summed E-state index contributed by atoms with van der Waals surface area (Å²) in [4.78, 5) is 16.3. The van der Waals surface area contributed by atoms with E-state index in [-0.39, 0.29) is 24.4 Å². The minimum atomic E-state index is -0.812. The molecule has 0 saturated heterocycles. The zero-order valence-corrected chi connectivity index (χ0v) is 21.8. The van der Waals surface area contributed by atoms with Gasteiger partial charge in [-0.3, -0.25) is 0 Å². The number of ether oxygens (including phenoxy) is 1. The lowest BCUT2D eigenvalue weighted by atomic mass is 9.70. The molecule has 9 heteroatoms. The summed E-state index contributed by atoms with van der Waals surface area (Å²) < 4.78 is 21.9. The molecule has 192 valence electrons. The minimum Gasteiger partial charge on any atom is -0.449 e. The number of hydrogen-bond donors (Lipinski definition) is 2. The lowest BCUT2D eigenvalue weighted by molar-refractivity contribution is 0.0639. The molecule has 6 nitrogen and oxygen atoms in total. The van der Waals surface area contributed by atoms with Gasteiger partial charge in [0, 0.05) is 29.6 Å². The van der Waals surface area contributed by atoms with Crippen molar-refractivity contribution in [1.29, 1.82) is 0 Å². The lowest BCUT2D eigenvalue weighted by Crippen LogP contribution is -2.37. The van der Waals surface area contributed by atoms with Gasteiger partial charge in [-0.1, -0.05) is 55.8 Å². The maximum atomic E-state index is 14.3. The predicted molar refractivity (Wildman–Crippen MR) is 141 cm³/mol. The van der Waals surface area contributed by atoms with Crippen LogP contribution in [0.15, 0.2) is 36.7 Å². The SMILES string of the molecule is CC(COC(N)=O)(CC(CC1CCCC1)n1cnc2cc(Cl)c(Cl)cc21)C1CNc2ccc(F)cc21. The number of aromatic nitrogens is 2. The average molecular weight is 533 g/mol. The van der Waals surface area contributed by atoms with Gasteiger partial charge in [0.25, 0.3) is 0 Å². The number of primary amides is 1. The number of hydrogen-bond acceptors (Lipinski definition) is 4. The van der Waals surface area contributed by atoms with E-state index in [9.17, 15) is 9.18 Å². The number of nitrogens with zero attached hydrogens (tertiary/aromatic N) is 2. The Bertz CT molecular complexity index is 1280. The topological polar surface area (TPSA) is 82.2 Å². The summed E-state index contributed by atoms with van der Waals surface area (Å²) in [6.45, 7) is 2.86. The van der Waals surface area contributed by atoms with Crippen LogP contribution >= 0.6 is 23.2 Å². The van der Waals surface area contributed by atoms with Crippen molar-refractivity contribution in [3.8, 4) is 0 Å². The zero-order valence-electron chi connectivity index (χ0n) is 20.3. The molecule has 2 aromatic carbocycles. The average Bonchev–Trinajstić information content (AvgIpc) is 3.58. The second-order valence-electron chi connectivity index (χ2n) is 10.6. The minimum absolute atomic E-state index is 0.0643. The highest BCUT2D eigenvalue weighted by Crippen LogP contribution is 2.49. The molecule has 1 fully saturated rings. The van der Waals surface area contributed by atoms with Crippen molar-refractivity contribution in [3.05, 3.63) is 58.1 Å².